The molecular formula is C14H18N6O2S. The molecule has 0 atom stereocenters. The van der Waals surface area contributed by atoms with Crippen LogP contribution in [0.3, 0.4) is 0 Å². The van der Waals surface area contributed by atoms with Crippen LogP contribution in [0.5, 0.6) is 0 Å². The molecule has 0 spiro atoms. The van der Waals surface area contributed by atoms with E-state index < -0.39 is 5.91 Å². The number of nitrogens with one attached hydrogen (secondary N) is 1. The second-order valence-electron chi connectivity index (χ2n) is 5.51. The second kappa shape index (κ2) is 6.95. The molecule has 9 heteroatoms. The van der Waals surface area contributed by atoms with E-state index in [1.807, 2.05) is 0 Å². The van der Waals surface area contributed by atoms with Crippen LogP contribution in [0, 0.1) is 0 Å². The lowest BCUT2D eigenvalue weighted by atomic mass is 10.3. The molecule has 2 aromatic rings. The first-order valence-corrected chi connectivity index (χ1v) is 8.50. The fourth-order valence-corrected chi connectivity index (χ4v) is 3.46. The first-order valence-electron chi connectivity index (χ1n) is 7.51. The highest BCUT2D eigenvalue weighted by Crippen LogP contribution is 2.31. The molecule has 8 nitrogen and oxygen atoms in total. The van der Waals surface area contributed by atoms with Gasteiger partial charge >= 0.3 is 0 Å². The van der Waals surface area contributed by atoms with Crippen LogP contribution in [0.2, 0.25) is 0 Å². The van der Waals surface area contributed by atoms with Gasteiger partial charge in [0.25, 0.3) is 5.91 Å². The molecule has 1 saturated carbocycles. The second-order valence-corrected chi connectivity index (χ2v) is 6.46. The van der Waals surface area contributed by atoms with Crippen LogP contribution in [-0.2, 0) is 11.8 Å². The van der Waals surface area contributed by atoms with E-state index >= 15 is 0 Å². The molecule has 122 valence electrons. The smallest absolute Gasteiger partial charge is 0.274 e. The Morgan fingerprint density at radius 3 is 2.87 bits per heavy atom. The van der Waals surface area contributed by atoms with Gasteiger partial charge in [-0.1, -0.05) is 24.6 Å². The molecule has 0 saturated heterocycles. The molecular weight excluding hydrogens is 316 g/mol. The maximum absolute atomic E-state index is 12.0. The van der Waals surface area contributed by atoms with Crippen molar-refractivity contribution in [2.45, 2.75) is 36.9 Å². The quantitative estimate of drug-likeness (QED) is 0.825. The van der Waals surface area contributed by atoms with Crippen LogP contribution >= 0.6 is 11.8 Å². The van der Waals surface area contributed by atoms with Crippen LogP contribution in [0.15, 0.2) is 23.5 Å². The Morgan fingerprint density at radius 1 is 1.39 bits per heavy atom. The molecule has 1 fully saturated rings. The van der Waals surface area contributed by atoms with E-state index in [2.05, 4.69) is 20.8 Å². The van der Waals surface area contributed by atoms with Gasteiger partial charge in [-0.2, -0.15) is 0 Å². The third kappa shape index (κ3) is 3.61. The Kier molecular flexibility index (Phi) is 4.75. The van der Waals surface area contributed by atoms with Crippen molar-refractivity contribution in [3.8, 4) is 0 Å². The zero-order valence-electron chi connectivity index (χ0n) is 12.8. The molecule has 0 bridgehead atoms. The lowest BCUT2D eigenvalue weighted by Gasteiger charge is -2.10. The fraction of sp³-hybridized carbons (Fsp3) is 0.500. The van der Waals surface area contributed by atoms with E-state index in [4.69, 9.17) is 0 Å². The van der Waals surface area contributed by atoms with Crippen molar-refractivity contribution in [2.75, 3.05) is 5.75 Å². The van der Waals surface area contributed by atoms with Gasteiger partial charge in [-0.3, -0.25) is 14.9 Å². The van der Waals surface area contributed by atoms with Gasteiger partial charge in [0.15, 0.2) is 0 Å². The van der Waals surface area contributed by atoms with Gasteiger partial charge in [0.05, 0.1) is 11.8 Å². The third-order valence-corrected chi connectivity index (χ3v) is 4.83. The summed E-state index contributed by atoms with van der Waals surface area (Å²) < 4.78 is 3.46. The molecule has 2 heterocycles. The van der Waals surface area contributed by atoms with Gasteiger partial charge in [-0.25, -0.2) is 4.68 Å². The Bertz CT molecular complexity index is 704. The predicted octanol–water partition coefficient (Wildman–Crippen LogP) is 1.18. The third-order valence-electron chi connectivity index (χ3n) is 3.89. The number of tetrazole rings is 1. The van der Waals surface area contributed by atoms with Crippen molar-refractivity contribution >= 4 is 23.6 Å². The number of nitrogens with zero attached hydrogens (tertiary/aromatic N) is 5. The number of rotatable bonds is 5. The van der Waals surface area contributed by atoms with Crippen LogP contribution < -0.4 is 5.32 Å². The minimum atomic E-state index is -0.404. The molecule has 3 rings (SSSR count). The monoisotopic (exact) mass is 334 g/mol. The highest BCUT2D eigenvalue weighted by molar-refractivity contribution is 7.99. The SMILES string of the molecule is Cn1cccc1C(=O)NC(=O)CSc1nnnn1C1CCCC1. The summed E-state index contributed by atoms with van der Waals surface area (Å²) in [5.74, 6) is -0.663. The number of amides is 2. The summed E-state index contributed by atoms with van der Waals surface area (Å²) >= 11 is 1.25. The first kappa shape index (κ1) is 15.7. The van der Waals surface area contributed by atoms with E-state index in [0.717, 1.165) is 12.8 Å². The Hall–Kier alpha value is -2.16. The summed E-state index contributed by atoms with van der Waals surface area (Å²) in [6.07, 6.45) is 6.25. The number of thioether (sulfide) groups is 1. The van der Waals surface area contributed by atoms with Gasteiger partial charge < -0.3 is 4.57 Å². The van der Waals surface area contributed by atoms with E-state index in [0.29, 0.717) is 16.9 Å². The van der Waals surface area contributed by atoms with E-state index in [-0.39, 0.29) is 11.7 Å². The highest BCUT2D eigenvalue weighted by Gasteiger charge is 2.22. The van der Waals surface area contributed by atoms with Crippen molar-refractivity contribution in [3.63, 3.8) is 0 Å². The van der Waals surface area contributed by atoms with Crippen molar-refractivity contribution < 1.29 is 9.59 Å². The molecule has 1 N–H and O–H groups in total. The van der Waals surface area contributed by atoms with Crippen molar-refractivity contribution in [3.05, 3.63) is 24.0 Å². The first-order chi connectivity index (χ1) is 11.1. The highest BCUT2D eigenvalue weighted by atomic mass is 32.2. The number of hydrogen-bond acceptors (Lipinski definition) is 6. The van der Waals surface area contributed by atoms with E-state index in [9.17, 15) is 9.59 Å². The molecule has 2 amide bonds. The topological polar surface area (TPSA) is 94.7 Å². The van der Waals surface area contributed by atoms with Gasteiger partial charge in [-0.15, -0.1) is 5.10 Å². The van der Waals surface area contributed by atoms with Gasteiger partial charge in [-0.05, 0) is 35.4 Å². The Morgan fingerprint density at radius 2 is 2.17 bits per heavy atom. The van der Waals surface area contributed by atoms with Gasteiger partial charge in [0.2, 0.25) is 11.1 Å². The van der Waals surface area contributed by atoms with Crippen molar-refractivity contribution in [1.82, 2.24) is 30.1 Å². The summed E-state index contributed by atoms with van der Waals surface area (Å²) in [6.45, 7) is 0. The molecule has 1 aliphatic rings. The number of aryl methyl sites for hydroxylation is 1. The zero-order chi connectivity index (χ0) is 16.2. The largest absolute Gasteiger partial charge is 0.347 e. The van der Waals surface area contributed by atoms with Crippen LogP contribution in [-0.4, -0.2) is 42.3 Å². The maximum Gasteiger partial charge on any atom is 0.274 e. The van der Waals surface area contributed by atoms with Crippen LogP contribution in [0.1, 0.15) is 42.2 Å². The number of hydrogen-bond donors (Lipinski definition) is 1. The lowest BCUT2D eigenvalue weighted by Crippen LogP contribution is -2.33. The van der Waals surface area contributed by atoms with E-state index in [1.54, 1.807) is 34.6 Å². The standard InChI is InChI=1S/C14H18N6O2S/c1-19-8-4-7-11(19)13(22)15-12(21)9-23-14-16-17-18-20(14)10-5-2-3-6-10/h4,7-8,10H,2-3,5-6,9H2,1H3,(H,15,21,22). The van der Waals surface area contributed by atoms with Crippen molar-refractivity contribution in [2.24, 2.45) is 7.05 Å². The average Bonchev–Trinajstić information content (AvgIpc) is 3.25. The predicted molar refractivity (Wildman–Crippen MR) is 83.9 cm³/mol. The van der Waals surface area contributed by atoms with Gasteiger partial charge in [0, 0.05) is 13.2 Å². The molecule has 23 heavy (non-hydrogen) atoms. The minimum absolute atomic E-state index is 0.100. The Labute approximate surface area is 137 Å². The molecule has 1 aliphatic carbocycles. The normalized spacial score (nSPS) is 15.0. The number of carbonyl (C=O) groups is 2. The lowest BCUT2D eigenvalue weighted by molar-refractivity contribution is -0.117. The van der Waals surface area contributed by atoms with Gasteiger partial charge in [0.1, 0.15) is 5.69 Å². The fourth-order valence-electron chi connectivity index (χ4n) is 2.71. The summed E-state index contributed by atoms with van der Waals surface area (Å²) in [5.41, 5.74) is 0.444. The molecule has 0 unspecified atom stereocenters. The zero-order valence-corrected chi connectivity index (χ0v) is 13.6. The number of aromatic nitrogens is 5. The number of imide groups is 1. The summed E-state index contributed by atoms with van der Waals surface area (Å²) in [4.78, 5) is 23.9. The summed E-state index contributed by atoms with van der Waals surface area (Å²) in [6, 6.07) is 3.74. The maximum atomic E-state index is 12.0. The molecule has 0 aliphatic heterocycles. The molecule has 0 aromatic carbocycles. The number of carbonyl (C=O) groups excluding carboxylic acids is 2. The molecule has 0 radical (unpaired) electrons. The Balaban J connectivity index is 1.54. The summed E-state index contributed by atoms with van der Waals surface area (Å²) in [7, 11) is 1.75. The summed E-state index contributed by atoms with van der Waals surface area (Å²) in [5, 5.41) is 14.7. The minimum Gasteiger partial charge on any atom is -0.347 e. The van der Waals surface area contributed by atoms with Crippen molar-refractivity contribution in [1.29, 1.82) is 0 Å². The van der Waals surface area contributed by atoms with Crippen LogP contribution in [0.25, 0.3) is 0 Å². The van der Waals surface area contributed by atoms with Crippen LogP contribution in [0.4, 0.5) is 0 Å². The molecule has 2 aromatic heterocycles. The van der Waals surface area contributed by atoms with E-state index in [1.165, 1.54) is 24.6 Å². The average molecular weight is 334 g/mol.